The fourth-order valence-corrected chi connectivity index (χ4v) is 3.19. The van der Waals surface area contributed by atoms with Crippen molar-refractivity contribution in [2.24, 2.45) is 0 Å². The Bertz CT molecular complexity index is 394. The number of aliphatic hydroxyl groups excluding tert-OH is 1. The summed E-state index contributed by atoms with van der Waals surface area (Å²) in [5.41, 5.74) is 1.27. The van der Waals surface area contributed by atoms with Crippen molar-refractivity contribution in [3.63, 3.8) is 0 Å². The van der Waals surface area contributed by atoms with Gasteiger partial charge in [0.1, 0.15) is 0 Å². The van der Waals surface area contributed by atoms with Crippen LogP contribution in [-0.4, -0.2) is 28.7 Å². The van der Waals surface area contributed by atoms with E-state index in [2.05, 4.69) is 11.0 Å². The number of benzene rings is 1. The molecule has 1 fully saturated rings. The van der Waals surface area contributed by atoms with E-state index in [1.165, 1.54) is 31.2 Å². The van der Waals surface area contributed by atoms with Crippen molar-refractivity contribution in [2.75, 3.05) is 6.54 Å². The predicted molar refractivity (Wildman–Crippen MR) is 80.4 cm³/mol. The van der Waals surface area contributed by atoms with Gasteiger partial charge in [0.05, 0.1) is 6.10 Å². The molecule has 19 heavy (non-hydrogen) atoms. The topological polar surface area (TPSA) is 23.5 Å². The van der Waals surface area contributed by atoms with E-state index in [4.69, 9.17) is 11.6 Å². The van der Waals surface area contributed by atoms with Gasteiger partial charge in [-0.25, -0.2) is 0 Å². The normalized spacial score (nSPS) is 23.0. The third kappa shape index (κ3) is 4.79. The van der Waals surface area contributed by atoms with E-state index in [-0.39, 0.29) is 6.10 Å². The largest absolute Gasteiger partial charge is 0.393 e. The summed E-state index contributed by atoms with van der Waals surface area (Å²) in [6.07, 6.45) is 5.71. The van der Waals surface area contributed by atoms with Gasteiger partial charge in [-0.05, 0) is 50.4 Å². The highest BCUT2D eigenvalue weighted by atomic mass is 35.5. The van der Waals surface area contributed by atoms with Gasteiger partial charge >= 0.3 is 0 Å². The summed E-state index contributed by atoms with van der Waals surface area (Å²) in [5.74, 6) is 0. The molecule has 2 atom stereocenters. The molecule has 1 N–H and O–H groups in total. The molecule has 0 aliphatic carbocycles. The monoisotopic (exact) mass is 281 g/mol. The first-order chi connectivity index (χ1) is 9.15. The molecule has 0 aromatic heterocycles. The standard InChI is InChI=1S/C16H24ClNO/c1-13(19)10-16-8-3-2-4-9-18(16)12-14-6-5-7-15(17)11-14/h5-7,11,13,16,19H,2-4,8-10,12H2,1H3. The Morgan fingerprint density at radius 2 is 2.21 bits per heavy atom. The van der Waals surface area contributed by atoms with Crippen molar-refractivity contribution in [1.29, 1.82) is 0 Å². The molecule has 0 radical (unpaired) electrons. The Hall–Kier alpha value is -0.570. The van der Waals surface area contributed by atoms with Crippen LogP contribution in [0.5, 0.6) is 0 Å². The van der Waals surface area contributed by atoms with Gasteiger partial charge in [0.15, 0.2) is 0 Å². The third-order valence-corrected chi connectivity index (χ3v) is 4.12. The van der Waals surface area contributed by atoms with Crippen molar-refractivity contribution >= 4 is 11.6 Å². The Morgan fingerprint density at radius 3 is 2.95 bits per heavy atom. The smallest absolute Gasteiger partial charge is 0.0527 e. The molecular weight excluding hydrogens is 258 g/mol. The van der Waals surface area contributed by atoms with Crippen LogP contribution in [0.1, 0.15) is 44.6 Å². The maximum Gasteiger partial charge on any atom is 0.0527 e. The lowest BCUT2D eigenvalue weighted by Crippen LogP contribution is -2.36. The van der Waals surface area contributed by atoms with Crippen LogP contribution in [0.2, 0.25) is 5.02 Å². The maximum atomic E-state index is 9.68. The molecule has 2 unspecified atom stereocenters. The summed E-state index contributed by atoms with van der Waals surface area (Å²) in [4.78, 5) is 2.52. The third-order valence-electron chi connectivity index (χ3n) is 3.89. The molecule has 106 valence electrons. The summed E-state index contributed by atoms with van der Waals surface area (Å²) in [6.45, 7) is 3.96. The van der Waals surface area contributed by atoms with Gasteiger partial charge in [0, 0.05) is 17.6 Å². The second-order valence-corrected chi connectivity index (χ2v) is 6.12. The average Bonchev–Trinajstić information content (AvgIpc) is 2.55. The average molecular weight is 282 g/mol. The van der Waals surface area contributed by atoms with E-state index in [9.17, 15) is 5.11 Å². The number of rotatable bonds is 4. The summed E-state index contributed by atoms with van der Waals surface area (Å²) in [5, 5.41) is 10.5. The van der Waals surface area contributed by atoms with Crippen LogP contribution in [0.15, 0.2) is 24.3 Å². The molecular formula is C16H24ClNO. The lowest BCUT2D eigenvalue weighted by Gasteiger charge is -2.31. The molecule has 1 aromatic carbocycles. The van der Waals surface area contributed by atoms with Crippen LogP contribution in [0, 0.1) is 0 Å². The summed E-state index contributed by atoms with van der Waals surface area (Å²) in [7, 11) is 0. The second-order valence-electron chi connectivity index (χ2n) is 5.69. The van der Waals surface area contributed by atoms with Crippen molar-refractivity contribution in [1.82, 2.24) is 4.90 Å². The molecule has 2 rings (SSSR count). The number of aliphatic hydroxyl groups is 1. The van der Waals surface area contributed by atoms with Gasteiger partial charge in [0.2, 0.25) is 0 Å². The highest BCUT2D eigenvalue weighted by Gasteiger charge is 2.22. The van der Waals surface area contributed by atoms with Crippen LogP contribution in [0.4, 0.5) is 0 Å². The quantitative estimate of drug-likeness (QED) is 0.906. The lowest BCUT2D eigenvalue weighted by atomic mass is 10.0. The molecule has 1 saturated heterocycles. The Kier molecular flexibility index (Phi) is 5.68. The first kappa shape index (κ1) is 14.8. The molecule has 1 aromatic rings. The van der Waals surface area contributed by atoms with Gasteiger partial charge in [-0.1, -0.05) is 36.6 Å². The zero-order valence-corrected chi connectivity index (χ0v) is 12.4. The van der Waals surface area contributed by atoms with Crippen LogP contribution >= 0.6 is 11.6 Å². The van der Waals surface area contributed by atoms with E-state index in [1.807, 2.05) is 25.1 Å². The van der Waals surface area contributed by atoms with Gasteiger partial charge in [-0.15, -0.1) is 0 Å². The van der Waals surface area contributed by atoms with Crippen molar-refractivity contribution in [2.45, 2.75) is 57.7 Å². The minimum Gasteiger partial charge on any atom is -0.393 e. The number of hydrogen-bond acceptors (Lipinski definition) is 2. The fraction of sp³-hybridized carbons (Fsp3) is 0.625. The molecule has 0 saturated carbocycles. The van der Waals surface area contributed by atoms with Gasteiger partial charge in [-0.3, -0.25) is 4.90 Å². The second kappa shape index (κ2) is 7.28. The van der Waals surface area contributed by atoms with E-state index in [1.54, 1.807) is 0 Å². The SMILES string of the molecule is CC(O)CC1CCCCCN1Cc1cccc(Cl)c1. The van der Waals surface area contributed by atoms with E-state index in [0.717, 1.165) is 24.5 Å². The fourth-order valence-electron chi connectivity index (χ4n) is 2.98. The molecule has 1 heterocycles. The molecule has 1 aliphatic rings. The zero-order valence-electron chi connectivity index (χ0n) is 11.7. The van der Waals surface area contributed by atoms with Crippen molar-refractivity contribution in [3.8, 4) is 0 Å². The Labute approximate surface area is 121 Å². The molecule has 0 bridgehead atoms. The first-order valence-corrected chi connectivity index (χ1v) is 7.69. The van der Waals surface area contributed by atoms with E-state index < -0.39 is 0 Å². The van der Waals surface area contributed by atoms with Crippen LogP contribution in [0.25, 0.3) is 0 Å². The van der Waals surface area contributed by atoms with Gasteiger partial charge < -0.3 is 5.11 Å². The number of likely N-dealkylation sites (tertiary alicyclic amines) is 1. The zero-order chi connectivity index (χ0) is 13.7. The summed E-state index contributed by atoms with van der Waals surface area (Å²) in [6, 6.07) is 8.61. The molecule has 0 amide bonds. The van der Waals surface area contributed by atoms with Crippen molar-refractivity contribution < 1.29 is 5.11 Å². The summed E-state index contributed by atoms with van der Waals surface area (Å²) >= 11 is 6.06. The molecule has 3 heteroatoms. The molecule has 2 nitrogen and oxygen atoms in total. The Morgan fingerprint density at radius 1 is 1.37 bits per heavy atom. The van der Waals surface area contributed by atoms with E-state index >= 15 is 0 Å². The molecule has 0 spiro atoms. The maximum absolute atomic E-state index is 9.68. The van der Waals surface area contributed by atoms with Gasteiger partial charge in [0.25, 0.3) is 0 Å². The minimum absolute atomic E-state index is 0.218. The predicted octanol–water partition coefficient (Wildman–Crippen LogP) is 3.86. The van der Waals surface area contributed by atoms with Crippen LogP contribution in [-0.2, 0) is 6.54 Å². The minimum atomic E-state index is -0.218. The van der Waals surface area contributed by atoms with Crippen LogP contribution in [0.3, 0.4) is 0 Å². The first-order valence-electron chi connectivity index (χ1n) is 7.31. The van der Waals surface area contributed by atoms with Crippen LogP contribution < -0.4 is 0 Å². The Balaban J connectivity index is 2.05. The highest BCUT2D eigenvalue weighted by Crippen LogP contribution is 2.23. The lowest BCUT2D eigenvalue weighted by molar-refractivity contribution is 0.108. The van der Waals surface area contributed by atoms with Gasteiger partial charge in [-0.2, -0.15) is 0 Å². The number of hydrogen-bond donors (Lipinski definition) is 1. The number of halogens is 1. The molecule has 1 aliphatic heterocycles. The summed E-state index contributed by atoms with van der Waals surface area (Å²) < 4.78 is 0. The van der Waals surface area contributed by atoms with Crippen molar-refractivity contribution in [3.05, 3.63) is 34.9 Å². The number of nitrogens with zero attached hydrogens (tertiary/aromatic N) is 1. The highest BCUT2D eigenvalue weighted by molar-refractivity contribution is 6.30. The van der Waals surface area contributed by atoms with E-state index in [0.29, 0.717) is 6.04 Å².